The highest BCUT2D eigenvalue weighted by molar-refractivity contribution is 5.54. The summed E-state index contributed by atoms with van der Waals surface area (Å²) in [6.45, 7) is 2.46. The van der Waals surface area contributed by atoms with Gasteiger partial charge in [0.25, 0.3) is 5.88 Å². The molecule has 17 heavy (non-hydrogen) atoms. The predicted molar refractivity (Wildman–Crippen MR) is 62.6 cm³/mol. The average molecular weight is 239 g/mol. The minimum absolute atomic E-state index is 0.438. The van der Waals surface area contributed by atoms with Gasteiger partial charge in [-0.15, -0.1) is 0 Å². The number of nitrogens with one attached hydrogen (secondary N) is 1. The Morgan fingerprint density at radius 1 is 1.41 bits per heavy atom. The van der Waals surface area contributed by atoms with Gasteiger partial charge in [-0.3, -0.25) is 0 Å². The summed E-state index contributed by atoms with van der Waals surface area (Å²) in [7, 11) is 3.13. The molecule has 2 heterocycles. The van der Waals surface area contributed by atoms with Crippen LogP contribution in [0.15, 0.2) is 6.33 Å². The Bertz CT molecular complexity index is 367. The van der Waals surface area contributed by atoms with Crippen molar-refractivity contribution in [2.24, 2.45) is 5.92 Å². The highest BCUT2D eigenvalue weighted by Crippen LogP contribution is 2.30. The molecule has 1 fully saturated rings. The van der Waals surface area contributed by atoms with Gasteiger partial charge in [0.15, 0.2) is 5.82 Å². The minimum Gasteiger partial charge on any atom is -0.489 e. The van der Waals surface area contributed by atoms with E-state index in [1.807, 2.05) is 0 Å². The lowest BCUT2D eigenvalue weighted by Gasteiger charge is -2.13. The first-order valence-corrected chi connectivity index (χ1v) is 5.59. The Kier molecular flexibility index (Phi) is 3.98. The van der Waals surface area contributed by atoms with Gasteiger partial charge in [0.1, 0.15) is 6.33 Å². The number of anilines is 1. The summed E-state index contributed by atoms with van der Waals surface area (Å²) in [4.78, 5) is 8.14. The maximum atomic E-state index is 5.32. The van der Waals surface area contributed by atoms with E-state index in [0.717, 1.165) is 26.2 Å². The van der Waals surface area contributed by atoms with Crippen LogP contribution >= 0.6 is 0 Å². The van der Waals surface area contributed by atoms with Gasteiger partial charge in [0.05, 0.1) is 20.8 Å². The van der Waals surface area contributed by atoms with Gasteiger partial charge in [-0.25, -0.2) is 4.98 Å². The SMILES string of the molecule is COc1ncnc(NCC2CCOC2)c1OC. The van der Waals surface area contributed by atoms with E-state index >= 15 is 0 Å². The van der Waals surface area contributed by atoms with Crippen LogP contribution in [0.3, 0.4) is 0 Å². The number of methoxy groups -OCH3 is 2. The van der Waals surface area contributed by atoms with E-state index in [9.17, 15) is 0 Å². The first-order valence-electron chi connectivity index (χ1n) is 5.59. The fourth-order valence-electron chi connectivity index (χ4n) is 1.80. The molecule has 0 bridgehead atoms. The molecule has 1 saturated heterocycles. The lowest BCUT2D eigenvalue weighted by atomic mass is 10.1. The molecule has 6 heteroatoms. The zero-order chi connectivity index (χ0) is 12.1. The molecule has 0 aromatic carbocycles. The molecular weight excluding hydrogens is 222 g/mol. The van der Waals surface area contributed by atoms with Crippen molar-refractivity contribution in [1.29, 1.82) is 0 Å². The van der Waals surface area contributed by atoms with Crippen LogP contribution in [0.25, 0.3) is 0 Å². The Balaban J connectivity index is 2.03. The van der Waals surface area contributed by atoms with E-state index in [2.05, 4.69) is 15.3 Å². The average Bonchev–Trinajstić information content (AvgIpc) is 2.88. The van der Waals surface area contributed by atoms with Crippen molar-refractivity contribution in [3.05, 3.63) is 6.33 Å². The van der Waals surface area contributed by atoms with Crippen LogP contribution in [-0.4, -0.2) is 43.9 Å². The molecule has 1 atom stereocenters. The van der Waals surface area contributed by atoms with Crippen LogP contribution in [0.5, 0.6) is 11.6 Å². The zero-order valence-electron chi connectivity index (χ0n) is 10.1. The second-order valence-electron chi connectivity index (χ2n) is 3.88. The Morgan fingerprint density at radius 2 is 2.29 bits per heavy atom. The van der Waals surface area contributed by atoms with Gasteiger partial charge < -0.3 is 19.5 Å². The number of rotatable bonds is 5. The third-order valence-corrected chi connectivity index (χ3v) is 2.75. The van der Waals surface area contributed by atoms with Crippen LogP contribution in [0, 0.1) is 5.92 Å². The fraction of sp³-hybridized carbons (Fsp3) is 0.636. The number of ether oxygens (including phenoxy) is 3. The van der Waals surface area contributed by atoms with Gasteiger partial charge in [0, 0.05) is 19.1 Å². The molecule has 1 unspecified atom stereocenters. The molecular formula is C11H17N3O3. The lowest BCUT2D eigenvalue weighted by molar-refractivity contribution is 0.187. The summed E-state index contributed by atoms with van der Waals surface area (Å²) in [5.74, 6) is 2.16. The van der Waals surface area contributed by atoms with E-state index < -0.39 is 0 Å². The third-order valence-electron chi connectivity index (χ3n) is 2.75. The van der Waals surface area contributed by atoms with Crippen molar-refractivity contribution in [2.45, 2.75) is 6.42 Å². The van der Waals surface area contributed by atoms with E-state index in [1.165, 1.54) is 6.33 Å². The molecule has 1 aromatic rings. The summed E-state index contributed by atoms with van der Waals surface area (Å²) in [5, 5.41) is 3.24. The van der Waals surface area contributed by atoms with Gasteiger partial charge in [0.2, 0.25) is 5.75 Å². The summed E-state index contributed by atoms with van der Waals surface area (Å²) in [5.41, 5.74) is 0. The Labute approximate surface area is 100 Å². The zero-order valence-corrected chi connectivity index (χ0v) is 10.1. The monoisotopic (exact) mass is 239 g/mol. The highest BCUT2D eigenvalue weighted by Gasteiger charge is 2.17. The second kappa shape index (κ2) is 5.67. The number of nitrogens with zero attached hydrogens (tertiary/aromatic N) is 2. The van der Waals surface area contributed by atoms with Crippen LogP contribution in [-0.2, 0) is 4.74 Å². The molecule has 0 aliphatic carbocycles. The lowest BCUT2D eigenvalue weighted by Crippen LogP contribution is -2.15. The first-order chi connectivity index (χ1) is 8.35. The molecule has 1 aromatic heterocycles. The van der Waals surface area contributed by atoms with Crippen LogP contribution in [0.2, 0.25) is 0 Å². The minimum atomic E-state index is 0.438. The predicted octanol–water partition coefficient (Wildman–Crippen LogP) is 0.942. The van der Waals surface area contributed by atoms with Crippen LogP contribution < -0.4 is 14.8 Å². The summed E-state index contributed by atoms with van der Waals surface area (Å²) >= 11 is 0. The smallest absolute Gasteiger partial charge is 0.262 e. The summed E-state index contributed by atoms with van der Waals surface area (Å²) in [6, 6.07) is 0. The Morgan fingerprint density at radius 3 is 2.94 bits per heavy atom. The summed E-state index contributed by atoms with van der Waals surface area (Å²) in [6.07, 6.45) is 2.53. The highest BCUT2D eigenvalue weighted by atomic mass is 16.5. The van der Waals surface area contributed by atoms with Crippen molar-refractivity contribution in [3.8, 4) is 11.6 Å². The largest absolute Gasteiger partial charge is 0.489 e. The van der Waals surface area contributed by atoms with Crippen molar-refractivity contribution >= 4 is 5.82 Å². The van der Waals surface area contributed by atoms with E-state index in [4.69, 9.17) is 14.2 Å². The maximum Gasteiger partial charge on any atom is 0.262 e. The van der Waals surface area contributed by atoms with Crippen LogP contribution in [0.4, 0.5) is 5.82 Å². The number of hydrogen-bond donors (Lipinski definition) is 1. The van der Waals surface area contributed by atoms with Crippen molar-refractivity contribution in [1.82, 2.24) is 9.97 Å². The van der Waals surface area contributed by atoms with E-state index in [1.54, 1.807) is 14.2 Å². The molecule has 1 aliphatic heterocycles. The van der Waals surface area contributed by atoms with Crippen molar-refractivity contribution < 1.29 is 14.2 Å². The fourth-order valence-corrected chi connectivity index (χ4v) is 1.80. The van der Waals surface area contributed by atoms with Gasteiger partial charge in [-0.2, -0.15) is 4.98 Å². The van der Waals surface area contributed by atoms with Gasteiger partial charge in [-0.1, -0.05) is 0 Å². The molecule has 2 rings (SSSR count). The summed E-state index contributed by atoms with van der Waals surface area (Å²) < 4.78 is 15.7. The van der Waals surface area contributed by atoms with Crippen molar-refractivity contribution in [3.63, 3.8) is 0 Å². The molecule has 0 spiro atoms. The molecule has 6 nitrogen and oxygen atoms in total. The quantitative estimate of drug-likeness (QED) is 0.825. The number of aromatic nitrogens is 2. The Hall–Kier alpha value is -1.56. The van der Waals surface area contributed by atoms with Gasteiger partial charge in [-0.05, 0) is 6.42 Å². The molecule has 0 radical (unpaired) electrons. The molecule has 0 saturated carbocycles. The molecule has 1 aliphatic rings. The molecule has 0 amide bonds. The molecule has 1 N–H and O–H groups in total. The number of hydrogen-bond acceptors (Lipinski definition) is 6. The van der Waals surface area contributed by atoms with E-state index in [0.29, 0.717) is 23.4 Å². The van der Waals surface area contributed by atoms with Gasteiger partial charge >= 0.3 is 0 Å². The van der Waals surface area contributed by atoms with Crippen LogP contribution in [0.1, 0.15) is 6.42 Å². The standard InChI is InChI=1S/C11H17N3O3/c1-15-9-10(13-7-14-11(9)16-2)12-5-8-3-4-17-6-8/h7-8H,3-6H2,1-2H3,(H,12,13,14). The molecule has 94 valence electrons. The third kappa shape index (κ3) is 2.76. The first kappa shape index (κ1) is 11.9. The maximum absolute atomic E-state index is 5.32. The second-order valence-corrected chi connectivity index (χ2v) is 3.88. The van der Waals surface area contributed by atoms with E-state index in [-0.39, 0.29) is 0 Å². The van der Waals surface area contributed by atoms with Crippen molar-refractivity contribution in [2.75, 3.05) is 39.3 Å². The normalized spacial score (nSPS) is 19.1. The topological polar surface area (TPSA) is 65.5 Å².